The Hall–Kier alpha value is -0.750. The van der Waals surface area contributed by atoms with Crippen LogP contribution in [-0.4, -0.2) is 61.7 Å². The number of hydrogen-bond acceptors (Lipinski definition) is 6. The number of amides is 1. The van der Waals surface area contributed by atoms with E-state index in [0.29, 0.717) is 0 Å². The second kappa shape index (κ2) is 5.48. The minimum Gasteiger partial charge on any atom is -0.340 e. The van der Waals surface area contributed by atoms with Gasteiger partial charge >= 0.3 is 10.4 Å². The van der Waals surface area contributed by atoms with E-state index in [1.807, 2.05) is 0 Å². The first kappa shape index (κ1) is 15.3. The molecule has 11 heteroatoms. The smallest absolute Gasteiger partial charge is 0.340 e. The van der Waals surface area contributed by atoms with Gasteiger partial charge < -0.3 is 4.90 Å². The van der Waals surface area contributed by atoms with Crippen LogP contribution >= 0.6 is 0 Å². The summed E-state index contributed by atoms with van der Waals surface area (Å²) in [5, 5.41) is 0. The molecular formula is C7H13NO8S2. The van der Waals surface area contributed by atoms with Crippen LogP contribution in [0.1, 0.15) is 12.8 Å². The van der Waals surface area contributed by atoms with E-state index in [0.717, 1.165) is 0 Å². The fraction of sp³-hybridized carbons (Fsp3) is 0.857. The molecule has 1 aliphatic heterocycles. The average Bonchev–Trinajstić information content (AvgIpc) is 2.45. The van der Waals surface area contributed by atoms with E-state index in [9.17, 15) is 21.6 Å². The molecule has 0 bridgehead atoms. The van der Waals surface area contributed by atoms with Crippen LogP contribution in [0.25, 0.3) is 0 Å². The van der Waals surface area contributed by atoms with Crippen molar-refractivity contribution < 1.29 is 34.9 Å². The molecule has 18 heavy (non-hydrogen) atoms. The molecule has 1 amide bonds. The maximum absolute atomic E-state index is 11.6. The zero-order chi connectivity index (χ0) is 14.0. The van der Waals surface area contributed by atoms with Crippen molar-refractivity contribution in [2.24, 2.45) is 0 Å². The Bertz CT molecular complexity index is 510. The summed E-state index contributed by atoms with van der Waals surface area (Å²) >= 11 is 0. The predicted molar refractivity (Wildman–Crippen MR) is 58.7 cm³/mol. The summed E-state index contributed by atoms with van der Waals surface area (Å²) in [6.07, 6.45) is -1.15. The van der Waals surface area contributed by atoms with Crippen LogP contribution in [0.5, 0.6) is 0 Å². The first-order valence-electron chi connectivity index (χ1n) is 4.98. The van der Waals surface area contributed by atoms with E-state index >= 15 is 0 Å². The third-order valence-corrected chi connectivity index (χ3v) is 3.60. The van der Waals surface area contributed by atoms with Gasteiger partial charge in [0.05, 0.1) is 5.75 Å². The standard InChI is InChI=1S/C7H13NO8S2/c9-7-6(16-18(13,14)15)2-4-8(7)3-1-5-17(10,11)12/h6H,1-5H2,(H,10,11,12)(H,13,14,15). The number of carbonyl (C=O) groups excluding carboxylic acids is 1. The molecule has 0 aromatic rings. The van der Waals surface area contributed by atoms with Crippen LogP contribution in [-0.2, 0) is 29.5 Å². The Kier molecular flexibility index (Phi) is 4.66. The third kappa shape index (κ3) is 5.27. The summed E-state index contributed by atoms with van der Waals surface area (Å²) in [5.41, 5.74) is 0. The summed E-state index contributed by atoms with van der Waals surface area (Å²) in [6.45, 7) is 0.258. The predicted octanol–water partition coefficient (Wildman–Crippen LogP) is -1.32. The minimum atomic E-state index is -4.69. The summed E-state index contributed by atoms with van der Waals surface area (Å²) in [4.78, 5) is 12.8. The number of hydrogen-bond donors (Lipinski definition) is 2. The summed E-state index contributed by atoms with van der Waals surface area (Å²) in [5.74, 6) is -1.12. The number of nitrogens with zero attached hydrogens (tertiary/aromatic N) is 1. The van der Waals surface area contributed by atoms with Gasteiger partial charge in [0.15, 0.2) is 6.10 Å². The van der Waals surface area contributed by atoms with E-state index in [-0.39, 0.29) is 25.9 Å². The highest BCUT2D eigenvalue weighted by atomic mass is 32.3. The molecule has 9 nitrogen and oxygen atoms in total. The lowest BCUT2D eigenvalue weighted by molar-refractivity contribution is -0.133. The van der Waals surface area contributed by atoms with Gasteiger partial charge in [0.1, 0.15) is 0 Å². The molecule has 0 aromatic carbocycles. The number of rotatable bonds is 6. The molecule has 1 rings (SSSR count). The van der Waals surface area contributed by atoms with E-state index in [1.54, 1.807) is 0 Å². The van der Waals surface area contributed by atoms with E-state index in [4.69, 9.17) is 9.11 Å². The lowest BCUT2D eigenvalue weighted by Gasteiger charge is -2.15. The zero-order valence-electron chi connectivity index (χ0n) is 9.22. The molecule has 1 heterocycles. The quantitative estimate of drug-likeness (QED) is 0.576. The highest BCUT2D eigenvalue weighted by molar-refractivity contribution is 7.85. The highest BCUT2D eigenvalue weighted by Gasteiger charge is 2.35. The number of likely N-dealkylation sites (tertiary alicyclic amines) is 1. The van der Waals surface area contributed by atoms with Gasteiger partial charge in [-0.05, 0) is 6.42 Å². The van der Waals surface area contributed by atoms with Gasteiger partial charge in [-0.2, -0.15) is 16.8 Å². The van der Waals surface area contributed by atoms with Gasteiger partial charge in [-0.3, -0.25) is 13.9 Å². The normalized spacial score (nSPS) is 21.6. The minimum absolute atomic E-state index is 0.0309. The molecule has 0 radical (unpaired) electrons. The van der Waals surface area contributed by atoms with Crippen molar-refractivity contribution in [3.05, 3.63) is 0 Å². The van der Waals surface area contributed by atoms with Crippen molar-refractivity contribution in [1.82, 2.24) is 4.90 Å². The lowest BCUT2D eigenvalue weighted by atomic mass is 10.3. The largest absolute Gasteiger partial charge is 0.398 e. The van der Waals surface area contributed by atoms with Crippen molar-refractivity contribution in [1.29, 1.82) is 0 Å². The van der Waals surface area contributed by atoms with Gasteiger partial charge in [0, 0.05) is 19.5 Å². The van der Waals surface area contributed by atoms with Crippen molar-refractivity contribution in [3.63, 3.8) is 0 Å². The van der Waals surface area contributed by atoms with Gasteiger partial charge in [-0.1, -0.05) is 0 Å². The van der Waals surface area contributed by atoms with Crippen LogP contribution in [0, 0.1) is 0 Å². The van der Waals surface area contributed by atoms with Crippen molar-refractivity contribution in [2.75, 3.05) is 18.8 Å². The van der Waals surface area contributed by atoms with Gasteiger partial charge in [-0.15, -0.1) is 0 Å². The SMILES string of the molecule is O=C1C(OS(=O)(=O)O)CCN1CCCS(=O)(=O)O. The molecule has 1 fully saturated rings. The molecular weight excluding hydrogens is 290 g/mol. The lowest BCUT2D eigenvalue weighted by Crippen LogP contribution is -2.33. The van der Waals surface area contributed by atoms with Gasteiger partial charge in [-0.25, -0.2) is 4.18 Å². The van der Waals surface area contributed by atoms with E-state index < -0.39 is 38.3 Å². The molecule has 106 valence electrons. The molecule has 0 spiro atoms. The second-order valence-electron chi connectivity index (χ2n) is 3.77. The Morgan fingerprint density at radius 2 is 1.89 bits per heavy atom. The van der Waals surface area contributed by atoms with E-state index in [1.165, 1.54) is 4.90 Å². The fourth-order valence-corrected chi connectivity index (χ4v) is 2.57. The molecule has 2 N–H and O–H groups in total. The van der Waals surface area contributed by atoms with E-state index in [2.05, 4.69) is 4.18 Å². The maximum Gasteiger partial charge on any atom is 0.398 e. The Labute approximate surface area is 104 Å². The summed E-state index contributed by atoms with van der Waals surface area (Å²) in [7, 11) is -8.77. The second-order valence-corrected chi connectivity index (χ2v) is 6.39. The van der Waals surface area contributed by atoms with Gasteiger partial charge in [0.25, 0.3) is 16.0 Å². The monoisotopic (exact) mass is 303 g/mol. The fourth-order valence-electron chi connectivity index (χ4n) is 1.61. The van der Waals surface area contributed by atoms with Gasteiger partial charge in [0.2, 0.25) is 0 Å². The molecule has 1 saturated heterocycles. The Balaban J connectivity index is 2.45. The molecule has 1 atom stereocenters. The average molecular weight is 303 g/mol. The van der Waals surface area contributed by atoms with Crippen LogP contribution in [0.4, 0.5) is 0 Å². The summed E-state index contributed by atoms with van der Waals surface area (Å²) in [6, 6.07) is 0. The maximum atomic E-state index is 11.6. The molecule has 1 unspecified atom stereocenters. The molecule has 1 aliphatic rings. The van der Waals surface area contributed by atoms with Crippen LogP contribution in [0.3, 0.4) is 0 Å². The molecule has 0 aliphatic carbocycles. The zero-order valence-corrected chi connectivity index (χ0v) is 10.9. The Morgan fingerprint density at radius 1 is 1.28 bits per heavy atom. The van der Waals surface area contributed by atoms with Crippen molar-refractivity contribution in [3.8, 4) is 0 Å². The van der Waals surface area contributed by atoms with Crippen LogP contribution in [0.15, 0.2) is 0 Å². The third-order valence-electron chi connectivity index (χ3n) is 2.32. The number of carbonyl (C=O) groups is 1. The molecule has 0 aromatic heterocycles. The Morgan fingerprint density at radius 3 is 2.39 bits per heavy atom. The molecule has 0 saturated carbocycles. The van der Waals surface area contributed by atoms with Crippen molar-refractivity contribution in [2.45, 2.75) is 18.9 Å². The van der Waals surface area contributed by atoms with Crippen LogP contribution < -0.4 is 0 Å². The first-order valence-corrected chi connectivity index (χ1v) is 7.95. The van der Waals surface area contributed by atoms with Crippen molar-refractivity contribution >= 4 is 26.4 Å². The first-order chi connectivity index (χ1) is 8.08. The highest BCUT2D eigenvalue weighted by Crippen LogP contribution is 2.16. The summed E-state index contributed by atoms with van der Waals surface area (Å²) < 4.78 is 62.9. The van der Waals surface area contributed by atoms with Crippen LogP contribution in [0.2, 0.25) is 0 Å². The topological polar surface area (TPSA) is 138 Å².